The molecule has 1 aromatic carbocycles. The summed E-state index contributed by atoms with van der Waals surface area (Å²) in [4.78, 5) is 11.1. The molecule has 24 heavy (non-hydrogen) atoms. The summed E-state index contributed by atoms with van der Waals surface area (Å²) in [7, 11) is 1.34. The van der Waals surface area contributed by atoms with E-state index in [1.807, 2.05) is 19.1 Å². The molecule has 0 bridgehead atoms. The first-order chi connectivity index (χ1) is 11.4. The van der Waals surface area contributed by atoms with Crippen molar-refractivity contribution in [2.75, 3.05) is 7.11 Å². The summed E-state index contributed by atoms with van der Waals surface area (Å²) >= 11 is 0. The molecular weight excluding hydrogens is 318 g/mol. The molecule has 0 aromatic heterocycles. The first-order valence-corrected chi connectivity index (χ1v) is 7.95. The molecule has 1 fully saturated rings. The summed E-state index contributed by atoms with van der Waals surface area (Å²) < 4.78 is 35.7. The third-order valence-corrected chi connectivity index (χ3v) is 4.47. The lowest BCUT2D eigenvalue weighted by molar-refractivity contribution is -0.135. The van der Waals surface area contributed by atoms with Gasteiger partial charge in [0, 0.05) is 5.92 Å². The third-order valence-electron chi connectivity index (χ3n) is 4.47. The largest absolute Gasteiger partial charge is 0.500 e. The Kier molecular flexibility index (Phi) is 6.17. The number of ether oxygens (including phenoxy) is 2. The van der Waals surface area contributed by atoms with Gasteiger partial charge < -0.3 is 14.6 Å². The van der Waals surface area contributed by atoms with Gasteiger partial charge in [-0.15, -0.1) is 0 Å². The highest BCUT2D eigenvalue weighted by molar-refractivity contribution is 5.84. The highest BCUT2D eigenvalue weighted by Gasteiger charge is 2.28. The molecule has 0 saturated heterocycles. The van der Waals surface area contributed by atoms with Crippen LogP contribution in [0.3, 0.4) is 0 Å². The Labute approximate surface area is 140 Å². The highest BCUT2D eigenvalue weighted by Crippen LogP contribution is 2.39. The monoisotopic (exact) mass is 340 g/mol. The number of carboxylic acids is 1. The number of carbonyl (C=O) groups is 1. The Balaban J connectivity index is 2.14. The fourth-order valence-corrected chi connectivity index (χ4v) is 3.03. The van der Waals surface area contributed by atoms with E-state index < -0.39 is 18.3 Å². The van der Waals surface area contributed by atoms with E-state index in [2.05, 4.69) is 0 Å². The van der Waals surface area contributed by atoms with Crippen LogP contribution in [-0.4, -0.2) is 24.6 Å². The molecule has 0 aliphatic heterocycles. The van der Waals surface area contributed by atoms with E-state index in [4.69, 9.17) is 14.6 Å². The number of rotatable bonds is 6. The summed E-state index contributed by atoms with van der Waals surface area (Å²) in [6, 6.07) is 5.61. The number of aryl methyl sites for hydroxylation is 1. The van der Waals surface area contributed by atoms with Crippen molar-refractivity contribution in [3.63, 3.8) is 0 Å². The molecule has 4 nitrogen and oxygen atoms in total. The minimum Gasteiger partial charge on any atom is -0.500 e. The predicted octanol–water partition coefficient (Wildman–Crippen LogP) is 4.49. The second kappa shape index (κ2) is 8.13. The summed E-state index contributed by atoms with van der Waals surface area (Å²) in [6.07, 6.45) is 1.21. The fourth-order valence-electron chi connectivity index (χ4n) is 3.03. The zero-order valence-corrected chi connectivity index (χ0v) is 13.8. The fraction of sp³-hybridized carbons (Fsp3) is 0.500. The second-order valence-electron chi connectivity index (χ2n) is 6.10. The topological polar surface area (TPSA) is 55.8 Å². The van der Waals surface area contributed by atoms with E-state index in [9.17, 15) is 13.6 Å². The van der Waals surface area contributed by atoms with Crippen molar-refractivity contribution in [3.05, 3.63) is 41.3 Å². The normalized spacial score (nSPS) is 21.6. The van der Waals surface area contributed by atoms with Crippen LogP contribution in [0.2, 0.25) is 0 Å². The molecule has 0 heterocycles. The lowest BCUT2D eigenvalue weighted by Gasteiger charge is -2.28. The second-order valence-corrected chi connectivity index (χ2v) is 6.10. The Morgan fingerprint density at radius 2 is 1.96 bits per heavy atom. The molecule has 132 valence electrons. The minimum atomic E-state index is -2.25. The summed E-state index contributed by atoms with van der Waals surface area (Å²) in [5, 5.41) is 9.11. The van der Waals surface area contributed by atoms with Gasteiger partial charge in [0.15, 0.2) is 0 Å². The zero-order valence-electron chi connectivity index (χ0n) is 13.8. The predicted molar refractivity (Wildman–Crippen MR) is 85.2 cm³/mol. The molecular formula is C18H22F2O4. The summed E-state index contributed by atoms with van der Waals surface area (Å²) in [6.45, 7) is 1.82. The van der Waals surface area contributed by atoms with Crippen molar-refractivity contribution in [1.29, 1.82) is 0 Å². The quantitative estimate of drug-likeness (QED) is 0.612. The van der Waals surface area contributed by atoms with Crippen LogP contribution in [-0.2, 0) is 9.53 Å². The maximum Gasteiger partial charge on any atom is 0.375 e. The molecule has 6 heteroatoms. The van der Waals surface area contributed by atoms with Gasteiger partial charge in [-0.3, -0.25) is 0 Å². The smallest absolute Gasteiger partial charge is 0.375 e. The van der Waals surface area contributed by atoms with Crippen molar-refractivity contribution < 1.29 is 28.2 Å². The highest BCUT2D eigenvalue weighted by atomic mass is 19.3. The standard InChI is InChI=1S/C18H22F2O4/c1-11-3-4-14(12-5-7-13(8-6-12)17(19)20)9-15(11)24-16(10-23-2)18(21)22/h3-4,9-10,12-13,17H,5-8H2,1-2H3,(H,21,22)/b16-10-. The number of carboxylic acid groups (broad SMARTS) is 1. The minimum absolute atomic E-state index is 0.197. The molecule has 0 spiro atoms. The lowest BCUT2D eigenvalue weighted by atomic mass is 9.78. The number of hydrogen-bond acceptors (Lipinski definition) is 3. The van der Waals surface area contributed by atoms with Crippen molar-refractivity contribution in [3.8, 4) is 5.75 Å². The molecule has 0 radical (unpaired) electrons. The van der Waals surface area contributed by atoms with Crippen molar-refractivity contribution in [2.45, 2.75) is 45.0 Å². The molecule has 0 unspecified atom stereocenters. The Bertz CT molecular complexity index is 605. The van der Waals surface area contributed by atoms with Crippen LogP contribution in [0.25, 0.3) is 0 Å². The van der Waals surface area contributed by atoms with Gasteiger partial charge in [-0.05, 0) is 55.7 Å². The van der Waals surface area contributed by atoms with Gasteiger partial charge in [0.1, 0.15) is 12.0 Å². The molecule has 2 rings (SSSR count). The van der Waals surface area contributed by atoms with Gasteiger partial charge in [-0.25, -0.2) is 13.6 Å². The number of hydrogen-bond donors (Lipinski definition) is 1. The number of aliphatic carboxylic acids is 1. The third kappa shape index (κ3) is 4.46. The molecule has 1 N–H and O–H groups in total. The molecule has 1 aromatic rings. The number of methoxy groups -OCH3 is 1. The van der Waals surface area contributed by atoms with E-state index in [1.165, 1.54) is 7.11 Å². The first-order valence-electron chi connectivity index (χ1n) is 7.95. The van der Waals surface area contributed by atoms with Crippen molar-refractivity contribution in [2.24, 2.45) is 5.92 Å². The van der Waals surface area contributed by atoms with Gasteiger partial charge in [-0.1, -0.05) is 12.1 Å². The van der Waals surface area contributed by atoms with Crippen LogP contribution in [0.1, 0.15) is 42.7 Å². The van der Waals surface area contributed by atoms with Crippen LogP contribution in [0.5, 0.6) is 5.75 Å². The summed E-state index contributed by atoms with van der Waals surface area (Å²) in [5.41, 5.74) is 1.79. The zero-order chi connectivity index (χ0) is 17.7. The van der Waals surface area contributed by atoms with Crippen molar-refractivity contribution in [1.82, 2.24) is 0 Å². The van der Waals surface area contributed by atoms with E-state index >= 15 is 0 Å². The Morgan fingerprint density at radius 1 is 1.29 bits per heavy atom. The molecule has 0 amide bonds. The van der Waals surface area contributed by atoms with Crippen LogP contribution in [0.15, 0.2) is 30.2 Å². The van der Waals surface area contributed by atoms with Gasteiger partial charge in [-0.2, -0.15) is 0 Å². The number of halogens is 2. The van der Waals surface area contributed by atoms with Crippen molar-refractivity contribution >= 4 is 5.97 Å². The van der Waals surface area contributed by atoms with Gasteiger partial charge in [0.25, 0.3) is 0 Å². The maximum absolute atomic E-state index is 12.8. The average Bonchev–Trinajstić information content (AvgIpc) is 2.56. The van der Waals surface area contributed by atoms with Crippen LogP contribution in [0.4, 0.5) is 8.78 Å². The molecule has 0 atom stereocenters. The Hall–Kier alpha value is -2.11. The SMILES string of the molecule is CO/C=C(\Oc1cc(C2CCC(C(F)F)CC2)ccc1C)C(=O)O. The van der Waals surface area contributed by atoms with E-state index in [-0.39, 0.29) is 11.7 Å². The van der Waals surface area contributed by atoms with E-state index in [0.29, 0.717) is 31.4 Å². The van der Waals surface area contributed by atoms with Crippen LogP contribution in [0, 0.1) is 12.8 Å². The average molecular weight is 340 g/mol. The maximum atomic E-state index is 12.8. The van der Waals surface area contributed by atoms with E-state index in [1.54, 1.807) is 6.07 Å². The Morgan fingerprint density at radius 3 is 2.50 bits per heavy atom. The van der Waals surface area contributed by atoms with Crippen LogP contribution >= 0.6 is 0 Å². The van der Waals surface area contributed by atoms with E-state index in [0.717, 1.165) is 17.4 Å². The first kappa shape index (κ1) is 18.2. The van der Waals surface area contributed by atoms with Gasteiger partial charge in [0.2, 0.25) is 12.2 Å². The van der Waals surface area contributed by atoms with Gasteiger partial charge >= 0.3 is 5.97 Å². The van der Waals surface area contributed by atoms with Crippen LogP contribution < -0.4 is 4.74 Å². The molecule has 1 aliphatic rings. The van der Waals surface area contributed by atoms with Gasteiger partial charge in [0.05, 0.1) is 7.11 Å². The molecule has 1 saturated carbocycles. The number of alkyl halides is 2. The molecule has 1 aliphatic carbocycles. The lowest BCUT2D eigenvalue weighted by Crippen LogP contribution is -2.19. The number of benzene rings is 1. The summed E-state index contributed by atoms with van der Waals surface area (Å²) in [5.74, 6) is -1.40.